The van der Waals surface area contributed by atoms with Crippen LogP contribution >= 0.6 is 0 Å². The molecular formula is C20H32O. The Labute approximate surface area is 130 Å². The van der Waals surface area contributed by atoms with E-state index in [-0.39, 0.29) is 6.10 Å². The summed E-state index contributed by atoms with van der Waals surface area (Å²) >= 11 is 0. The third kappa shape index (κ3) is 1.73. The van der Waals surface area contributed by atoms with Crippen LogP contribution in [-0.4, -0.2) is 11.2 Å². The molecule has 1 heteroatoms. The van der Waals surface area contributed by atoms with Gasteiger partial charge in [0.1, 0.15) is 0 Å². The number of hydrogen-bond donors (Lipinski definition) is 1. The first kappa shape index (κ1) is 14.3. The number of allylic oxidation sites excluding steroid dienone is 2. The maximum Gasteiger partial charge on any atom is 0.0574 e. The van der Waals surface area contributed by atoms with E-state index in [1.807, 2.05) is 0 Å². The topological polar surface area (TPSA) is 20.2 Å². The van der Waals surface area contributed by atoms with Crippen molar-refractivity contribution in [2.45, 2.75) is 72.3 Å². The summed E-state index contributed by atoms with van der Waals surface area (Å²) in [4.78, 5) is 0. The number of fused-ring (bicyclic) bond motifs is 3. The Bertz CT molecular complexity index is 478. The minimum absolute atomic E-state index is 0.0368. The van der Waals surface area contributed by atoms with Gasteiger partial charge in [-0.2, -0.15) is 0 Å². The molecule has 7 atom stereocenters. The SMILES string of the molecule is C[C@@H]1C[C@]23CC[C@H]4C(C)(C)C=CC[C@]4(C)[C@H]2CC(O)[C@@H]1C3. The Kier molecular flexibility index (Phi) is 2.83. The van der Waals surface area contributed by atoms with E-state index in [1.165, 1.54) is 32.1 Å². The van der Waals surface area contributed by atoms with Gasteiger partial charge in [-0.05, 0) is 78.4 Å². The first-order valence-corrected chi connectivity index (χ1v) is 9.14. The lowest BCUT2D eigenvalue weighted by atomic mass is 9.42. The number of hydrogen-bond acceptors (Lipinski definition) is 1. The average Bonchev–Trinajstić information content (AvgIpc) is 2.66. The summed E-state index contributed by atoms with van der Waals surface area (Å²) in [7, 11) is 0. The van der Waals surface area contributed by atoms with Crippen molar-refractivity contribution < 1.29 is 5.11 Å². The Morgan fingerprint density at radius 2 is 1.86 bits per heavy atom. The fourth-order valence-electron chi connectivity index (χ4n) is 7.60. The van der Waals surface area contributed by atoms with Gasteiger partial charge < -0.3 is 5.11 Å². The van der Waals surface area contributed by atoms with Crippen LogP contribution in [-0.2, 0) is 0 Å². The van der Waals surface area contributed by atoms with Gasteiger partial charge in [0.05, 0.1) is 6.10 Å². The molecule has 3 saturated carbocycles. The highest BCUT2D eigenvalue weighted by atomic mass is 16.3. The lowest BCUT2D eigenvalue weighted by Crippen LogP contribution is -2.56. The first-order valence-electron chi connectivity index (χ1n) is 9.14. The van der Waals surface area contributed by atoms with Crippen molar-refractivity contribution in [1.82, 2.24) is 0 Å². The Balaban J connectivity index is 1.77. The van der Waals surface area contributed by atoms with E-state index >= 15 is 0 Å². The van der Waals surface area contributed by atoms with E-state index in [0.717, 1.165) is 24.2 Å². The van der Waals surface area contributed by atoms with Crippen LogP contribution < -0.4 is 0 Å². The average molecular weight is 288 g/mol. The van der Waals surface area contributed by atoms with Crippen molar-refractivity contribution in [3.8, 4) is 0 Å². The highest BCUT2D eigenvalue weighted by Crippen LogP contribution is 2.71. The molecule has 1 unspecified atom stereocenters. The van der Waals surface area contributed by atoms with E-state index in [1.54, 1.807) is 0 Å². The van der Waals surface area contributed by atoms with Crippen molar-refractivity contribution in [3.63, 3.8) is 0 Å². The van der Waals surface area contributed by atoms with Crippen molar-refractivity contribution >= 4 is 0 Å². The molecule has 1 nitrogen and oxygen atoms in total. The van der Waals surface area contributed by atoms with Gasteiger partial charge in [0.2, 0.25) is 0 Å². The monoisotopic (exact) mass is 288 g/mol. The summed E-state index contributed by atoms with van der Waals surface area (Å²) in [6, 6.07) is 0. The summed E-state index contributed by atoms with van der Waals surface area (Å²) in [6.45, 7) is 9.82. The minimum Gasteiger partial charge on any atom is -0.393 e. The Morgan fingerprint density at radius 1 is 1.10 bits per heavy atom. The lowest BCUT2D eigenvalue weighted by molar-refractivity contribution is -0.136. The van der Waals surface area contributed by atoms with Crippen LogP contribution in [0.2, 0.25) is 0 Å². The molecule has 0 radical (unpaired) electrons. The molecule has 0 amide bonds. The predicted molar refractivity (Wildman–Crippen MR) is 86.8 cm³/mol. The van der Waals surface area contributed by atoms with Crippen molar-refractivity contribution in [2.24, 2.45) is 39.9 Å². The molecule has 0 aromatic rings. The molecule has 3 fully saturated rings. The molecule has 0 saturated heterocycles. The highest BCUT2D eigenvalue weighted by Gasteiger charge is 2.64. The van der Waals surface area contributed by atoms with Crippen LogP contribution in [0.1, 0.15) is 66.2 Å². The first-order chi connectivity index (χ1) is 9.79. The molecule has 4 aliphatic rings. The van der Waals surface area contributed by atoms with Crippen LogP contribution in [0, 0.1) is 39.9 Å². The summed E-state index contributed by atoms with van der Waals surface area (Å²) < 4.78 is 0. The fourth-order valence-corrected chi connectivity index (χ4v) is 7.60. The standard InChI is InChI=1S/C20H32O/c1-13-11-20-9-6-16-18(2,3)7-5-8-19(16,4)17(20)10-15(21)14(13)12-20/h5,7,13-17,21H,6,8-12H2,1-4H3/t13-,14-,15?,16+,17-,19+,20+/m1/s1. The summed E-state index contributed by atoms with van der Waals surface area (Å²) in [6.07, 6.45) is 12.7. The lowest BCUT2D eigenvalue weighted by Gasteiger charge is -2.63. The quantitative estimate of drug-likeness (QED) is 0.635. The molecule has 118 valence electrons. The zero-order chi connectivity index (χ0) is 15.0. The maximum absolute atomic E-state index is 10.7. The van der Waals surface area contributed by atoms with Gasteiger partial charge in [0, 0.05) is 0 Å². The van der Waals surface area contributed by atoms with Gasteiger partial charge in [0.25, 0.3) is 0 Å². The molecule has 1 N–H and O–H groups in total. The second-order valence-electron chi connectivity index (χ2n) is 9.79. The van der Waals surface area contributed by atoms with Crippen LogP contribution in [0.15, 0.2) is 12.2 Å². The normalized spacial score (nSPS) is 57.7. The third-order valence-electron chi connectivity index (χ3n) is 8.34. The number of aliphatic hydroxyl groups excluding tert-OH is 1. The molecule has 0 aromatic carbocycles. The summed E-state index contributed by atoms with van der Waals surface area (Å²) in [5, 5.41) is 10.7. The largest absolute Gasteiger partial charge is 0.393 e. The van der Waals surface area contributed by atoms with Gasteiger partial charge in [-0.3, -0.25) is 0 Å². The summed E-state index contributed by atoms with van der Waals surface area (Å²) in [5.41, 5.74) is 1.31. The minimum atomic E-state index is -0.0368. The van der Waals surface area contributed by atoms with Crippen molar-refractivity contribution in [1.29, 1.82) is 0 Å². The van der Waals surface area contributed by atoms with Gasteiger partial charge in [0.15, 0.2) is 0 Å². The Hall–Kier alpha value is -0.300. The van der Waals surface area contributed by atoms with Crippen LogP contribution in [0.4, 0.5) is 0 Å². The van der Waals surface area contributed by atoms with Crippen molar-refractivity contribution in [3.05, 3.63) is 12.2 Å². The van der Waals surface area contributed by atoms with Crippen LogP contribution in [0.25, 0.3) is 0 Å². The molecule has 4 aliphatic carbocycles. The zero-order valence-corrected chi connectivity index (χ0v) is 14.2. The molecule has 0 heterocycles. The van der Waals surface area contributed by atoms with E-state index < -0.39 is 0 Å². The zero-order valence-electron chi connectivity index (χ0n) is 14.2. The van der Waals surface area contributed by atoms with Gasteiger partial charge in [-0.15, -0.1) is 0 Å². The summed E-state index contributed by atoms with van der Waals surface area (Å²) in [5.74, 6) is 2.86. The van der Waals surface area contributed by atoms with E-state index in [2.05, 4.69) is 39.8 Å². The fraction of sp³-hybridized carbons (Fsp3) is 0.900. The van der Waals surface area contributed by atoms with Crippen molar-refractivity contribution in [2.75, 3.05) is 0 Å². The highest BCUT2D eigenvalue weighted by molar-refractivity contribution is 5.19. The molecule has 1 spiro atoms. The maximum atomic E-state index is 10.7. The van der Waals surface area contributed by atoms with Gasteiger partial charge >= 0.3 is 0 Å². The molecule has 21 heavy (non-hydrogen) atoms. The van der Waals surface area contributed by atoms with Gasteiger partial charge in [-0.25, -0.2) is 0 Å². The molecular weight excluding hydrogens is 256 g/mol. The second kappa shape index (κ2) is 4.16. The van der Waals surface area contributed by atoms with E-state index in [0.29, 0.717) is 22.2 Å². The van der Waals surface area contributed by atoms with Gasteiger partial charge in [-0.1, -0.05) is 39.8 Å². The predicted octanol–water partition coefficient (Wildman–Crippen LogP) is 4.80. The number of rotatable bonds is 0. The van der Waals surface area contributed by atoms with E-state index in [9.17, 15) is 5.11 Å². The van der Waals surface area contributed by atoms with Crippen LogP contribution in [0.5, 0.6) is 0 Å². The van der Waals surface area contributed by atoms with Crippen LogP contribution in [0.3, 0.4) is 0 Å². The second-order valence-corrected chi connectivity index (χ2v) is 9.79. The molecule has 0 aliphatic heterocycles. The molecule has 4 rings (SSSR count). The van der Waals surface area contributed by atoms with E-state index in [4.69, 9.17) is 0 Å². The Morgan fingerprint density at radius 3 is 2.62 bits per heavy atom. The molecule has 2 bridgehead atoms. The molecule has 0 aromatic heterocycles. The smallest absolute Gasteiger partial charge is 0.0574 e. The number of aliphatic hydroxyl groups is 1. The third-order valence-corrected chi connectivity index (χ3v) is 8.34.